The zero-order chi connectivity index (χ0) is 12.2. The van der Waals surface area contributed by atoms with Crippen LogP contribution < -0.4 is 0 Å². The van der Waals surface area contributed by atoms with Crippen molar-refractivity contribution in [1.82, 2.24) is 0 Å². The third-order valence-corrected chi connectivity index (χ3v) is 4.33. The Morgan fingerprint density at radius 1 is 0.824 bits per heavy atom. The molecule has 0 spiro atoms. The minimum atomic E-state index is -0.611. The van der Waals surface area contributed by atoms with Gasteiger partial charge in [-0.3, -0.25) is 0 Å². The zero-order valence-corrected chi connectivity index (χ0v) is 10.2. The summed E-state index contributed by atoms with van der Waals surface area (Å²) < 4.78 is -1.22. The number of hydrogen-bond acceptors (Lipinski definition) is 3. The maximum atomic E-state index is 9.37. The van der Waals surface area contributed by atoms with Crippen LogP contribution in [0.3, 0.4) is 0 Å². The molecule has 2 aliphatic carbocycles. The van der Waals surface area contributed by atoms with E-state index in [0.717, 1.165) is 0 Å². The van der Waals surface area contributed by atoms with E-state index in [9.17, 15) is 10.5 Å². The fraction of sp³-hybridized carbons (Fsp3) is 0.286. The molecule has 0 saturated carbocycles. The largest absolute Gasteiger partial charge is 0.196 e. The molecule has 0 heterocycles. The summed E-state index contributed by atoms with van der Waals surface area (Å²) in [5.41, 5.74) is 0. The normalized spacial score (nSPS) is 34.2. The summed E-state index contributed by atoms with van der Waals surface area (Å²) in [7, 11) is 0. The van der Waals surface area contributed by atoms with Crippen molar-refractivity contribution in [2.24, 2.45) is 0 Å². The van der Waals surface area contributed by atoms with Crippen LogP contribution in [0, 0.1) is 22.7 Å². The van der Waals surface area contributed by atoms with Gasteiger partial charge in [-0.15, -0.1) is 11.8 Å². The maximum Gasteiger partial charge on any atom is 0.126 e. The fourth-order valence-electron chi connectivity index (χ4n) is 1.89. The Balaban J connectivity index is 2.25. The van der Waals surface area contributed by atoms with E-state index >= 15 is 0 Å². The molecule has 2 nitrogen and oxygen atoms in total. The zero-order valence-electron chi connectivity index (χ0n) is 9.34. The number of hydrogen-bond donors (Lipinski definition) is 0. The Hall–Kier alpha value is -1.71. The van der Waals surface area contributed by atoms with Gasteiger partial charge in [0.25, 0.3) is 0 Å². The van der Waals surface area contributed by atoms with Crippen molar-refractivity contribution in [2.45, 2.75) is 22.3 Å². The Bertz CT molecular complexity index is 455. The third kappa shape index (κ3) is 2.35. The highest BCUT2D eigenvalue weighted by atomic mass is 32.2. The highest BCUT2D eigenvalue weighted by molar-refractivity contribution is 8.02. The van der Waals surface area contributed by atoms with Gasteiger partial charge in [0.05, 0.1) is 12.1 Å². The molecular weight excluding hydrogens is 228 g/mol. The smallest absolute Gasteiger partial charge is 0.126 e. The molecule has 0 N–H and O–H groups in total. The molecule has 0 radical (unpaired) electrons. The molecule has 17 heavy (non-hydrogen) atoms. The minimum Gasteiger partial charge on any atom is -0.196 e. The van der Waals surface area contributed by atoms with Crippen LogP contribution in [-0.2, 0) is 0 Å². The van der Waals surface area contributed by atoms with E-state index in [0.29, 0.717) is 12.8 Å². The lowest BCUT2D eigenvalue weighted by Gasteiger charge is -2.32. The molecule has 84 valence electrons. The Morgan fingerprint density at radius 3 is 1.59 bits per heavy atom. The van der Waals surface area contributed by atoms with Gasteiger partial charge >= 0.3 is 0 Å². The van der Waals surface area contributed by atoms with Crippen molar-refractivity contribution in [3.05, 3.63) is 48.6 Å². The number of nitrogens with zero attached hydrogens (tertiary/aromatic N) is 2. The highest BCUT2D eigenvalue weighted by Gasteiger charge is 2.39. The van der Waals surface area contributed by atoms with Crippen LogP contribution in [0.2, 0.25) is 0 Å². The summed E-state index contributed by atoms with van der Waals surface area (Å²) >= 11 is 1.44. The molecule has 2 atom stereocenters. The summed E-state index contributed by atoms with van der Waals surface area (Å²) in [6, 6.07) is 4.68. The molecule has 0 amide bonds. The quantitative estimate of drug-likeness (QED) is 0.744. The van der Waals surface area contributed by atoms with Crippen LogP contribution in [0.1, 0.15) is 12.8 Å². The lowest BCUT2D eigenvalue weighted by molar-refractivity contribution is 0.839. The SMILES string of the molecule is N#CC1(SC2(C#N)C=CC=CC2)C=CC=CC1. The van der Waals surface area contributed by atoms with Crippen molar-refractivity contribution < 1.29 is 0 Å². The Morgan fingerprint density at radius 2 is 1.29 bits per heavy atom. The van der Waals surface area contributed by atoms with Crippen LogP contribution in [0.5, 0.6) is 0 Å². The molecule has 0 aromatic carbocycles. The topological polar surface area (TPSA) is 47.6 Å². The number of rotatable bonds is 2. The predicted octanol–water partition coefficient (Wildman–Crippen LogP) is 3.28. The Labute approximate surface area is 106 Å². The van der Waals surface area contributed by atoms with Crippen molar-refractivity contribution >= 4 is 11.8 Å². The summed E-state index contributed by atoms with van der Waals surface area (Å²) in [5, 5.41) is 18.7. The summed E-state index contributed by atoms with van der Waals surface area (Å²) in [6.07, 6.45) is 16.7. The first kappa shape index (κ1) is 11.8. The van der Waals surface area contributed by atoms with Crippen molar-refractivity contribution in [3.63, 3.8) is 0 Å². The van der Waals surface area contributed by atoms with Gasteiger partial charge in [-0.05, 0) is 12.8 Å². The van der Waals surface area contributed by atoms with E-state index in [1.165, 1.54) is 11.8 Å². The van der Waals surface area contributed by atoms with E-state index < -0.39 is 9.49 Å². The van der Waals surface area contributed by atoms with E-state index in [-0.39, 0.29) is 0 Å². The maximum absolute atomic E-state index is 9.37. The molecule has 2 rings (SSSR count). The van der Waals surface area contributed by atoms with E-state index in [1.807, 2.05) is 48.6 Å². The van der Waals surface area contributed by atoms with Crippen LogP contribution in [0.25, 0.3) is 0 Å². The highest BCUT2D eigenvalue weighted by Crippen LogP contribution is 2.45. The molecule has 2 unspecified atom stereocenters. The lowest BCUT2D eigenvalue weighted by atomic mass is 10.0. The summed E-state index contributed by atoms with van der Waals surface area (Å²) in [6.45, 7) is 0. The van der Waals surface area contributed by atoms with Crippen molar-refractivity contribution in [2.75, 3.05) is 0 Å². The molecule has 0 fully saturated rings. The molecular formula is C14H12N2S. The van der Waals surface area contributed by atoms with Gasteiger partial charge in [-0.2, -0.15) is 10.5 Å². The van der Waals surface area contributed by atoms with Crippen LogP contribution in [-0.4, -0.2) is 9.49 Å². The van der Waals surface area contributed by atoms with Crippen molar-refractivity contribution in [1.29, 1.82) is 10.5 Å². The number of thioether (sulfide) groups is 1. The van der Waals surface area contributed by atoms with E-state index in [4.69, 9.17) is 0 Å². The molecule has 3 heteroatoms. The predicted molar refractivity (Wildman–Crippen MR) is 70.1 cm³/mol. The standard InChI is InChI=1S/C14H12N2S/c15-11-13(7-3-1-4-8-13)17-14(12-16)9-5-2-6-10-14/h1-7,9H,8,10H2. The van der Waals surface area contributed by atoms with Crippen LogP contribution >= 0.6 is 11.8 Å². The third-order valence-electron chi connectivity index (χ3n) is 2.81. The fourth-order valence-corrected chi connectivity index (χ4v) is 3.28. The average Bonchev–Trinajstić information content (AvgIpc) is 2.41. The van der Waals surface area contributed by atoms with Crippen LogP contribution in [0.15, 0.2) is 48.6 Å². The number of allylic oxidation sites excluding steroid dienone is 6. The minimum absolute atomic E-state index is 0.611. The molecule has 0 aliphatic heterocycles. The molecule has 0 saturated heterocycles. The van der Waals surface area contributed by atoms with Gasteiger partial charge in [0.2, 0.25) is 0 Å². The molecule has 0 bridgehead atoms. The lowest BCUT2D eigenvalue weighted by Crippen LogP contribution is -2.31. The summed E-state index contributed by atoms with van der Waals surface area (Å²) in [5.74, 6) is 0. The van der Waals surface area contributed by atoms with Gasteiger partial charge in [-0.1, -0.05) is 48.6 Å². The average molecular weight is 240 g/mol. The van der Waals surface area contributed by atoms with E-state index in [2.05, 4.69) is 12.1 Å². The second kappa shape index (κ2) is 4.65. The van der Waals surface area contributed by atoms with E-state index in [1.54, 1.807) is 0 Å². The first-order chi connectivity index (χ1) is 8.24. The van der Waals surface area contributed by atoms with Gasteiger partial charge in [-0.25, -0.2) is 0 Å². The van der Waals surface area contributed by atoms with Gasteiger partial charge < -0.3 is 0 Å². The van der Waals surface area contributed by atoms with Gasteiger partial charge in [0.1, 0.15) is 9.49 Å². The second-order valence-electron chi connectivity index (χ2n) is 4.09. The van der Waals surface area contributed by atoms with Crippen LogP contribution in [0.4, 0.5) is 0 Å². The van der Waals surface area contributed by atoms with Gasteiger partial charge in [0, 0.05) is 0 Å². The van der Waals surface area contributed by atoms with Gasteiger partial charge in [0.15, 0.2) is 0 Å². The summed E-state index contributed by atoms with van der Waals surface area (Å²) in [4.78, 5) is 0. The Kier molecular flexibility index (Phi) is 3.22. The first-order valence-corrected chi connectivity index (χ1v) is 6.27. The molecule has 0 aromatic heterocycles. The van der Waals surface area contributed by atoms with Crippen molar-refractivity contribution in [3.8, 4) is 12.1 Å². The second-order valence-corrected chi connectivity index (χ2v) is 5.75. The molecule has 0 aromatic rings. The monoisotopic (exact) mass is 240 g/mol. The molecule has 2 aliphatic rings. The first-order valence-electron chi connectivity index (χ1n) is 5.46. The number of nitriles is 2.